The molecule has 0 aliphatic carbocycles. The van der Waals surface area contributed by atoms with Crippen LogP contribution in [-0.4, -0.2) is 41.3 Å². The van der Waals surface area contributed by atoms with Crippen LogP contribution in [0.25, 0.3) is 10.9 Å². The summed E-state index contributed by atoms with van der Waals surface area (Å²) in [6.07, 6.45) is 5.03. The van der Waals surface area contributed by atoms with Gasteiger partial charge in [0.2, 0.25) is 0 Å². The van der Waals surface area contributed by atoms with Crippen molar-refractivity contribution in [3.05, 3.63) is 77.5 Å². The van der Waals surface area contributed by atoms with Crippen LogP contribution in [0.4, 0.5) is 0 Å². The number of aromatic nitrogens is 1. The average molecular weight is 374 g/mol. The molecule has 0 saturated carbocycles. The Morgan fingerprint density at radius 3 is 2.71 bits per heavy atom. The van der Waals surface area contributed by atoms with Crippen LogP contribution in [0.3, 0.4) is 0 Å². The van der Waals surface area contributed by atoms with Gasteiger partial charge in [0.25, 0.3) is 5.91 Å². The third-order valence-corrected chi connectivity index (χ3v) is 5.48. The average Bonchev–Trinajstić information content (AvgIpc) is 2.73. The third kappa shape index (κ3) is 3.92. The minimum Gasteiger partial charge on any atom is -0.332 e. The van der Waals surface area contributed by atoms with Gasteiger partial charge < -0.3 is 9.80 Å². The van der Waals surface area contributed by atoms with Crippen molar-refractivity contribution in [2.24, 2.45) is 0 Å². The normalized spacial score (nSPS) is 17.2. The zero-order valence-corrected chi connectivity index (χ0v) is 16.6. The number of amides is 1. The van der Waals surface area contributed by atoms with E-state index in [4.69, 9.17) is 0 Å². The minimum atomic E-state index is 0.118. The number of fused-ring (bicyclic) bond motifs is 1. The van der Waals surface area contributed by atoms with Gasteiger partial charge in [-0.15, -0.1) is 0 Å². The van der Waals surface area contributed by atoms with Crippen molar-refractivity contribution < 1.29 is 4.79 Å². The highest BCUT2D eigenvalue weighted by Gasteiger charge is 2.28. The maximum absolute atomic E-state index is 13.3. The van der Waals surface area contributed by atoms with E-state index in [-0.39, 0.29) is 11.9 Å². The van der Waals surface area contributed by atoms with E-state index in [0.717, 1.165) is 48.8 Å². The SMILES string of the molecule is CN(C)Cc1ccc([C@H]2CCCCN2C(=O)c2ccc3ncccc3c2)cc1. The second kappa shape index (κ2) is 8.11. The van der Waals surface area contributed by atoms with Gasteiger partial charge >= 0.3 is 0 Å². The van der Waals surface area contributed by atoms with Gasteiger partial charge in [-0.2, -0.15) is 0 Å². The topological polar surface area (TPSA) is 36.4 Å². The van der Waals surface area contributed by atoms with Crippen molar-refractivity contribution >= 4 is 16.8 Å². The summed E-state index contributed by atoms with van der Waals surface area (Å²) in [6, 6.07) is 18.7. The Kier molecular flexibility index (Phi) is 5.40. The molecule has 1 amide bonds. The van der Waals surface area contributed by atoms with Crippen molar-refractivity contribution in [3.8, 4) is 0 Å². The van der Waals surface area contributed by atoms with E-state index in [1.807, 2.05) is 30.3 Å². The van der Waals surface area contributed by atoms with E-state index in [1.165, 1.54) is 11.1 Å². The maximum Gasteiger partial charge on any atom is 0.254 e. The quantitative estimate of drug-likeness (QED) is 0.667. The Hall–Kier alpha value is -2.72. The van der Waals surface area contributed by atoms with Crippen molar-refractivity contribution in [2.75, 3.05) is 20.6 Å². The zero-order chi connectivity index (χ0) is 19.5. The Morgan fingerprint density at radius 2 is 1.93 bits per heavy atom. The van der Waals surface area contributed by atoms with Crippen molar-refractivity contribution in [2.45, 2.75) is 31.8 Å². The molecule has 3 aromatic rings. The second-order valence-electron chi connectivity index (χ2n) is 7.90. The minimum absolute atomic E-state index is 0.118. The molecule has 0 unspecified atom stereocenters. The predicted octanol–water partition coefficient (Wildman–Crippen LogP) is 4.66. The lowest BCUT2D eigenvalue weighted by Gasteiger charge is -2.36. The van der Waals surface area contributed by atoms with Gasteiger partial charge in [0.05, 0.1) is 11.6 Å². The number of carbonyl (C=O) groups is 1. The zero-order valence-electron chi connectivity index (χ0n) is 16.6. The number of nitrogens with zero attached hydrogens (tertiary/aromatic N) is 3. The number of piperidine rings is 1. The molecule has 144 valence electrons. The lowest BCUT2D eigenvalue weighted by atomic mass is 9.93. The van der Waals surface area contributed by atoms with Crippen LogP contribution in [0, 0.1) is 0 Å². The number of carbonyl (C=O) groups excluding carboxylic acids is 1. The standard InChI is InChI=1S/C24H27N3O/c1-26(2)17-18-8-10-19(11-9-18)23-7-3-4-15-27(23)24(28)21-12-13-22-20(16-21)6-5-14-25-22/h5-6,8-14,16,23H,3-4,7,15,17H2,1-2H3/t23-/m1/s1. The lowest BCUT2D eigenvalue weighted by Crippen LogP contribution is -2.38. The molecule has 1 atom stereocenters. The summed E-state index contributed by atoms with van der Waals surface area (Å²) in [5, 5.41) is 1.01. The Balaban J connectivity index is 1.59. The molecule has 2 heterocycles. The molecule has 1 fully saturated rings. The number of pyridine rings is 1. The van der Waals surface area contributed by atoms with E-state index in [1.54, 1.807) is 6.20 Å². The highest BCUT2D eigenvalue weighted by atomic mass is 16.2. The molecule has 0 radical (unpaired) electrons. The van der Waals surface area contributed by atoms with E-state index in [0.29, 0.717) is 0 Å². The third-order valence-electron chi connectivity index (χ3n) is 5.48. The molecule has 1 aromatic heterocycles. The monoisotopic (exact) mass is 373 g/mol. The molecule has 0 N–H and O–H groups in total. The molecule has 0 spiro atoms. The van der Waals surface area contributed by atoms with Gasteiger partial charge in [-0.05, 0) is 68.8 Å². The Bertz CT molecular complexity index is 965. The van der Waals surface area contributed by atoms with E-state index in [2.05, 4.69) is 53.1 Å². The van der Waals surface area contributed by atoms with Crippen molar-refractivity contribution in [1.82, 2.24) is 14.8 Å². The molecule has 4 nitrogen and oxygen atoms in total. The van der Waals surface area contributed by atoms with Gasteiger partial charge in [-0.3, -0.25) is 9.78 Å². The first-order valence-corrected chi connectivity index (χ1v) is 10.0. The molecule has 1 aliphatic heterocycles. The van der Waals surface area contributed by atoms with Crippen LogP contribution < -0.4 is 0 Å². The molecule has 28 heavy (non-hydrogen) atoms. The van der Waals surface area contributed by atoms with Gasteiger partial charge in [-0.25, -0.2) is 0 Å². The first-order valence-electron chi connectivity index (χ1n) is 10.0. The van der Waals surface area contributed by atoms with Crippen LogP contribution in [-0.2, 0) is 6.54 Å². The number of benzene rings is 2. The summed E-state index contributed by atoms with van der Waals surface area (Å²) in [5.41, 5.74) is 4.20. The van der Waals surface area contributed by atoms with Crippen LogP contribution in [0.2, 0.25) is 0 Å². The van der Waals surface area contributed by atoms with Crippen LogP contribution in [0.1, 0.15) is 46.8 Å². The largest absolute Gasteiger partial charge is 0.332 e. The molecule has 1 saturated heterocycles. The lowest BCUT2D eigenvalue weighted by molar-refractivity contribution is 0.0611. The van der Waals surface area contributed by atoms with Gasteiger partial charge in [0.1, 0.15) is 0 Å². The van der Waals surface area contributed by atoms with Crippen LogP contribution >= 0.6 is 0 Å². The molecular weight excluding hydrogens is 346 g/mol. The summed E-state index contributed by atoms with van der Waals surface area (Å²) < 4.78 is 0. The summed E-state index contributed by atoms with van der Waals surface area (Å²) in [5.74, 6) is 0.118. The summed E-state index contributed by atoms with van der Waals surface area (Å²) in [7, 11) is 4.16. The Labute approximate surface area is 166 Å². The molecule has 0 bridgehead atoms. The number of hydrogen-bond donors (Lipinski definition) is 0. The van der Waals surface area contributed by atoms with Gasteiger partial charge in [-0.1, -0.05) is 30.3 Å². The maximum atomic E-state index is 13.3. The fourth-order valence-electron chi connectivity index (χ4n) is 4.11. The van der Waals surface area contributed by atoms with E-state index in [9.17, 15) is 4.79 Å². The predicted molar refractivity (Wildman–Crippen MR) is 113 cm³/mol. The fourth-order valence-corrected chi connectivity index (χ4v) is 4.11. The first kappa shape index (κ1) is 18.6. The van der Waals surface area contributed by atoms with Crippen LogP contribution in [0.5, 0.6) is 0 Å². The second-order valence-corrected chi connectivity index (χ2v) is 7.90. The summed E-state index contributed by atoms with van der Waals surface area (Å²) in [4.78, 5) is 21.9. The van der Waals surface area contributed by atoms with E-state index < -0.39 is 0 Å². The number of rotatable bonds is 4. The van der Waals surface area contributed by atoms with Crippen molar-refractivity contribution in [1.29, 1.82) is 0 Å². The summed E-state index contributed by atoms with van der Waals surface area (Å²) in [6.45, 7) is 1.74. The highest BCUT2D eigenvalue weighted by Crippen LogP contribution is 2.32. The van der Waals surface area contributed by atoms with Crippen LogP contribution in [0.15, 0.2) is 60.8 Å². The first-order chi connectivity index (χ1) is 13.6. The van der Waals surface area contributed by atoms with Gasteiger partial charge in [0.15, 0.2) is 0 Å². The molecule has 2 aromatic carbocycles. The number of hydrogen-bond acceptors (Lipinski definition) is 3. The Morgan fingerprint density at radius 1 is 1.11 bits per heavy atom. The molecule has 4 heteroatoms. The van der Waals surface area contributed by atoms with Crippen molar-refractivity contribution in [3.63, 3.8) is 0 Å². The smallest absolute Gasteiger partial charge is 0.254 e. The number of likely N-dealkylation sites (tertiary alicyclic amines) is 1. The highest BCUT2D eigenvalue weighted by molar-refractivity contribution is 5.98. The van der Waals surface area contributed by atoms with Gasteiger partial charge in [0, 0.05) is 30.2 Å². The van der Waals surface area contributed by atoms with E-state index >= 15 is 0 Å². The summed E-state index contributed by atoms with van der Waals surface area (Å²) >= 11 is 0. The molecular formula is C24H27N3O. The fraction of sp³-hybridized carbons (Fsp3) is 0.333. The molecule has 4 rings (SSSR count). The molecule has 1 aliphatic rings.